The molecule has 0 saturated carbocycles. The first-order valence-corrected chi connectivity index (χ1v) is 6.98. The lowest BCUT2D eigenvalue weighted by molar-refractivity contribution is 0.0991. The summed E-state index contributed by atoms with van der Waals surface area (Å²) in [6.07, 6.45) is 1.10. The maximum absolute atomic E-state index is 5.86. The molecule has 0 aromatic carbocycles. The highest BCUT2D eigenvalue weighted by Crippen LogP contribution is 2.13. The number of nitrogens with zero attached hydrogens (tertiary/aromatic N) is 1. The third-order valence-electron chi connectivity index (χ3n) is 3.19. The minimum Gasteiger partial charge on any atom is -0.384 e. The maximum Gasteiger partial charge on any atom is 0.0503 e. The van der Waals surface area contributed by atoms with Gasteiger partial charge in [-0.25, -0.2) is 0 Å². The fourth-order valence-electron chi connectivity index (χ4n) is 2.13. The van der Waals surface area contributed by atoms with Gasteiger partial charge in [-0.1, -0.05) is 13.0 Å². The number of nitrogens with two attached hydrogens (primary N) is 1. The van der Waals surface area contributed by atoms with E-state index in [4.69, 9.17) is 10.5 Å². The second kappa shape index (κ2) is 7.82. The SMILES string of the molecule is COCC(C)C(CN)N(C)CCc1cccs1. The van der Waals surface area contributed by atoms with Crippen LogP contribution in [0.25, 0.3) is 0 Å². The minimum atomic E-state index is 0.398. The summed E-state index contributed by atoms with van der Waals surface area (Å²) in [6, 6.07) is 4.69. The van der Waals surface area contributed by atoms with Gasteiger partial charge in [0.05, 0.1) is 6.61 Å². The summed E-state index contributed by atoms with van der Waals surface area (Å²) in [5, 5.41) is 2.13. The summed E-state index contributed by atoms with van der Waals surface area (Å²) in [5.74, 6) is 0.471. The van der Waals surface area contributed by atoms with Gasteiger partial charge in [-0.2, -0.15) is 0 Å². The van der Waals surface area contributed by atoms with Crippen molar-refractivity contribution in [3.05, 3.63) is 22.4 Å². The molecule has 0 fully saturated rings. The molecule has 1 aromatic rings. The van der Waals surface area contributed by atoms with E-state index >= 15 is 0 Å². The molecular weight excluding hydrogens is 232 g/mol. The number of rotatable bonds is 8. The van der Waals surface area contributed by atoms with E-state index in [1.807, 2.05) is 11.3 Å². The zero-order valence-corrected chi connectivity index (χ0v) is 11.9. The first-order valence-electron chi connectivity index (χ1n) is 6.10. The van der Waals surface area contributed by atoms with Crippen LogP contribution in [0.5, 0.6) is 0 Å². The highest BCUT2D eigenvalue weighted by Gasteiger charge is 2.20. The second-order valence-electron chi connectivity index (χ2n) is 4.55. The molecule has 1 rings (SSSR count). The van der Waals surface area contributed by atoms with E-state index in [-0.39, 0.29) is 0 Å². The summed E-state index contributed by atoms with van der Waals surface area (Å²) < 4.78 is 5.21. The molecule has 0 radical (unpaired) electrons. The fraction of sp³-hybridized carbons (Fsp3) is 0.692. The summed E-state index contributed by atoms with van der Waals surface area (Å²) >= 11 is 1.82. The van der Waals surface area contributed by atoms with E-state index in [2.05, 4.69) is 36.4 Å². The van der Waals surface area contributed by atoms with E-state index < -0.39 is 0 Å². The molecule has 3 nitrogen and oxygen atoms in total. The molecule has 0 spiro atoms. The van der Waals surface area contributed by atoms with Crippen LogP contribution in [0.15, 0.2) is 17.5 Å². The Labute approximate surface area is 109 Å². The number of methoxy groups -OCH3 is 1. The van der Waals surface area contributed by atoms with Gasteiger partial charge < -0.3 is 15.4 Å². The summed E-state index contributed by atoms with van der Waals surface area (Å²) in [7, 11) is 3.90. The third-order valence-corrected chi connectivity index (χ3v) is 4.12. The summed E-state index contributed by atoms with van der Waals surface area (Å²) in [4.78, 5) is 3.79. The smallest absolute Gasteiger partial charge is 0.0503 e. The van der Waals surface area contributed by atoms with Gasteiger partial charge in [0.15, 0.2) is 0 Å². The zero-order chi connectivity index (χ0) is 12.7. The van der Waals surface area contributed by atoms with Crippen LogP contribution in [0.3, 0.4) is 0 Å². The normalized spacial score (nSPS) is 15.1. The average Bonchev–Trinajstić information content (AvgIpc) is 2.80. The van der Waals surface area contributed by atoms with Gasteiger partial charge in [0.25, 0.3) is 0 Å². The standard InChI is InChI=1S/C13H24N2OS/c1-11(10-16-3)13(9-14)15(2)7-6-12-5-4-8-17-12/h4-5,8,11,13H,6-7,9-10,14H2,1-3H3. The number of hydrogen-bond donors (Lipinski definition) is 1. The molecule has 1 aromatic heterocycles. The third kappa shape index (κ3) is 4.76. The van der Waals surface area contributed by atoms with Crippen LogP contribution in [0.1, 0.15) is 11.8 Å². The van der Waals surface area contributed by atoms with Gasteiger partial charge in [0.2, 0.25) is 0 Å². The Kier molecular flexibility index (Phi) is 6.73. The van der Waals surface area contributed by atoms with Gasteiger partial charge in [-0.05, 0) is 30.8 Å². The molecule has 0 bridgehead atoms. The Morgan fingerprint density at radius 2 is 2.29 bits per heavy atom. The Morgan fingerprint density at radius 1 is 1.53 bits per heavy atom. The molecule has 17 heavy (non-hydrogen) atoms. The van der Waals surface area contributed by atoms with E-state index in [9.17, 15) is 0 Å². The van der Waals surface area contributed by atoms with E-state index in [1.165, 1.54) is 4.88 Å². The van der Waals surface area contributed by atoms with Crippen molar-refractivity contribution in [3.63, 3.8) is 0 Å². The lowest BCUT2D eigenvalue weighted by Crippen LogP contribution is -2.44. The van der Waals surface area contributed by atoms with Crippen LogP contribution in [-0.2, 0) is 11.2 Å². The Morgan fingerprint density at radius 3 is 2.82 bits per heavy atom. The highest BCUT2D eigenvalue weighted by molar-refractivity contribution is 7.09. The predicted octanol–water partition coefficient (Wildman–Crippen LogP) is 1.83. The van der Waals surface area contributed by atoms with Crippen molar-refractivity contribution in [1.29, 1.82) is 0 Å². The number of likely N-dealkylation sites (N-methyl/N-ethyl adjacent to an activating group) is 1. The van der Waals surface area contributed by atoms with Crippen molar-refractivity contribution < 1.29 is 4.74 Å². The molecule has 2 atom stereocenters. The van der Waals surface area contributed by atoms with Gasteiger partial charge >= 0.3 is 0 Å². The quantitative estimate of drug-likeness (QED) is 0.771. The van der Waals surface area contributed by atoms with Gasteiger partial charge in [-0.15, -0.1) is 11.3 Å². The van der Waals surface area contributed by atoms with Crippen LogP contribution >= 0.6 is 11.3 Å². The molecule has 0 aliphatic rings. The minimum absolute atomic E-state index is 0.398. The van der Waals surface area contributed by atoms with E-state index in [0.29, 0.717) is 18.5 Å². The van der Waals surface area contributed by atoms with Crippen LogP contribution < -0.4 is 5.73 Å². The molecule has 0 aliphatic carbocycles. The molecule has 0 amide bonds. The number of ether oxygens (including phenoxy) is 1. The second-order valence-corrected chi connectivity index (χ2v) is 5.58. The van der Waals surface area contributed by atoms with Gasteiger partial charge in [0.1, 0.15) is 0 Å². The Bertz CT molecular complexity index is 290. The molecule has 0 aliphatic heterocycles. The number of hydrogen-bond acceptors (Lipinski definition) is 4. The molecule has 4 heteroatoms. The predicted molar refractivity (Wildman–Crippen MR) is 74.5 cm³/mol. The highest BCUT2D eigenvalue weighted by atomic mass is 32.1. The van der Waals surface area contributed by atoms with Crippen LogP contribution in [0.4, 0.5) is 0 Å². The van der Waals surface area contributed by atoms with Gasteiger partial charge in [0, 0.05) is 31.1 Å². The largest absolute Gasteiger partial charge is 0.384 e. The summed E-state index contributed by atoms with van der Waals surface area (Å²) in [5.41, 5.74) is 5.86. The van der Waals surface area contributed by atoms with E-state index in [1.54, 1.807) is 7.11 Å². The lowest BCUT2D eigenvalue weighted by Gasteiger charge is -2.31. The van der Waals surface area contributed by atoms with Crippen molar-refractivity contribution in [2.24, 2.45) is 11.7 Å². The van der Waals surface area contributed by atoms with E-state index in [0.717, 1.165) is 19.6 Å². The molecular formula is C13H24N2OS. The van der Waals surface area contributed by atoms with Crippen molar-refractivity contribution in [1.82, 2.24) is 4.90 Å². The van der Waals surface area contributed by atoms with Crippen LogP contribution in [0, 0.1) is 5.92 Å². The van der Waals surface area contributed by atoms with Crippen molar-refractivity contribution in [2.45, 2.75) is 19.4 Å². The monoisotopic (exact) mass is 256 g/mol. The van der Waals surface area contributed by atoms with Crippen molar-refractivity contribution in [3.8, 4) is 0 Å². The molecule has 98 valence electrons. The maximum atomic E-state index is 5.86. The number of thiophene rings is 1. The van der Waals surface area contributed by atoms with Crippen LogP contribution in [0.2, 0.25) is 0 Å². The Balaban J connectivity index is 2.40. The first-order chi connectivity index (χ1) is 8.19. The average molecular weight is 256 g/mol. The van der Waals surface area contributed by atoms with Gasteiger partial charge in [-0.3, -0.25) is 0 Å². The topological polar surface area (TPSA) is 38.5 Å². The summed E-state index contributed by atoms with van der Waals surface area (Å²) in [6.45, 7) is 4.70. The Hall–Kier alpha value is -0.420. The molecule has 1 heterocycles. The molecule has 2 N–H and O–H groups in total. The fourth-order valence-corrected chi connectivity index (χ4v) is 2.83. The van der Waals surface area contributed by atoms with Crippen LogP contribution in [-0.4, -0.2) is 44.8 Å². The first kappa shape index (κ1) is 14.6. The zero-order valence-electron chi connectivity index (χ0n) is 11.1. The van der Waals surface area contributed by atoms with Crippen molar-refractivity contribution >= 4 is 11.3 Å². The molecule has 0 saturated heterocycles. The molecule has 2 unspecified atom stereocenters. The lowest BCUT2D eigenvalue weighted by atomic mass is 10.0. The van der Waals surface area contributed by atoms with Crippen molar-refractivity contribution in [2.75, 3.05) is 33.9 Å².